The van der Waals surface area contributed by atoms with Crippen molar-refractivity contribution in [2.45, 2.75) is 70.9 Å². The van der Waals surface area contributed by atoms with E-state index in [0.717, 1.165) is 25.5 Å². The Morgan fingerprint density at radius 3 is 2.60 bits per heavy atom. The summed E-state index contributed by atoms with van der Waals surface area (Å²) < 4.78 is 32.9. The number of fused-ring (bicyclic) bond motifs is 1. The molecule has 1 saturated carbocycles. The number of aromatic nitrogens is 7. The van der Waals surface area contributed by atoms with Crippen molar-refractivity contribution in [3.05, 3.63) is 52.8 Å². The molecule has 0 amide bonds. The summed E-state index contributed by atoms with van der Waals surface area (Å²) in [6.07, 6.45) is 11.0. The number of nitrogens with zero attached hydrogens (tertiary/aromatic N) is 7. The van der Waals surface area contributed by atoms with E-state index >= 15 is 0 Å². The third kappa shape index (κ3) is 4.42. The van der Waals surface area contributed by atoms with Gasteiger partial charge in [0.2, 0.25) is 5.95 Å². The summed E-state index contributed by atoms with van der Waals surface area (Å²) in [5, 5.41) is 7.93. The van der Waals surface area contributed by atoms with Crippen molar-refractivity contribution in [2.24, 2.45) is 0 Å². The fraction of sp³-hybridized carbons (Fsp3) is 0.458. The predicted octanol–water partition coefficient (Wildman–Crippen LogP) is 5.12. The minimum absolute atomic E-state index is 0.180. The van der Waals surface area contributed by atoms with Gasteiger partial charge in [-0.1, -0.05) is 25.3 Å². The maximum absolute atomic E-state index is 14.0. The molecule has 1 N–H and O–H groups in total. The first-order valence-corrected chi connectivity index (χ1v) is 11.9. The highest BCUT2D eigenvalue weighted by Crippen LogP contribution is 2.29. The van der Waals surface area contributed by atoms with E-state index in [0.29, 0.717) is 6.04 Å². The number of hydrogen-bond acceptors (Lipinski definition) is 6. The van der Waals surface area contributed by atoms with E-state index in [-0.39, 0.29) is 40.1 Å². The molecule has 0 atom stereocenters. The molecule has 0 spiro atoms. The zero-order valence-corrected chi connectivity index (χ0v) is 19.9. The highest BCUT2D eigenvalue weighted by atomic mass is 19.3. The van der Waals surface area contributed by atoms with Crippen molar-refractivity contribution in [3.63, 3.8) is 0 Å². The normalized spacial score (nSPS) is 15.3. The first kappa shape index (κ1) is 23.1. The molecule has 5 rings (SSSR count). The monoisotopic (exact) mass is 482 g/mol. The van der Waals surface area contributed by atoms with Crippen molar-refractivity contribution in [3.8, 4) is 5.82 Å². The molecule has 9 nitrogen and oxygen atoms in total. The van der Waals surface area contributed by atoms with Crippen LogP contribution in [0.1, 0.15) is 70.7 Å². The Balaban J connectivity index is 1.56. The van der Waals surface area contributed by atoms with Gasteiger partial charge in [-0.2, -0.15) is 18.9 Å². The zero-order chi connectivity index (χ0) is 24.7. The van der Waals surface area contributed by atoms with Gasteiger partial charge in [-0.3, -0.25) is 9.48 Å². The SMILES string of the molecule is CC(C)n1c(=O)c2cnc(Nc3cnn(C4CCCCC4)c3)nc2n1-c1cccc(C(C)(F)F)n1. The highest BCUT2D eigenvalue weighted by Gasteiger charge is 2.28. The molecular weight excluding hydrogens is 454 g/mol. The standard InChI is InChI=1S/C24H28F2N8O/c1-15(2)33-22(35)18-13-27-23(29-16-12-28-32(14-16)17-8-5-4-6-9-17)31-21(18)34(33)20-11-7-10-19(30-20)24(3,25)26/h7,10-15,17H,4-6,8-9H2,1-3H3,(H,27,29,31). The lowest BCUT2D eigenvalue weighted by Crippen LogP contribution is -2.25. The molecule has 0 radical (unpaired) electrons. The van der Waals surface area contributed by atoms with Crippen LogP contribution < -0.4 is 10.9 Å². The zero-order valence-electron chi connectivity index (χ0n) is 19.9. The summed E-state index contributed by atoms with van der Waals surface area (Å²) in [4.78, 5) is 26.2. The molecule has 0 bridgehead atoms. The molecule has 0 aliphatic heterocycles. The average molecular weight is 483 g/mol. The van der Waals surface area contributed by atoms with Crippen molar-refractivity contribution in [2.75, 3.05) is 5.32 Å². The van der Waals surface area contributed by atoms with Crippen LogP contribution in [0.15, 0.2) is 41.6 Å². The number of alkyl halides is 2. The Morgan fingerprint density at radius 2 is 1.89 bits per heavy atom. The molecule has 4 aromatic rings. The number of pyridine rings is 1. The van der Waals surface area contributed by atoms with Crippen LogP contribution in [0, 0.1) is 0 Å². The fourth-order valence-electron chi connectivity index (χ4n) is 4.61. The molecule has 11 heteroatoms. The van der Waals surface area contributed by atoms with Gasteiger partial charge in [0.05, 0.1) is 17.9 Å². The van der Waals surface area contributed by atoms with Crippen molar-refractivity contribution in [1.29, 1.82) is 0 Å². The Kier molecular flexibility index (Phi) is 5.86. The van der Waals surface area contributed by atoms with Gasteiger partial charge in [-0.25, -0.2) is 19.3 Å². The van der Waals surface area contributed by atoms with Gasteiger partial charge in [-0.05, 0) is 38.8 Å². The Morgan fingerprint density at radius 1 is 1.11 bits per heavy atom. The lowest BCUT2D eigenvalue weighted by atomic mass is 9.96. The molecule has 1 aliphatic carbocycles. The van der Waals surface area contributed by atoms with Crippen LogP contribution in [-0.2, 0) is 5.92 Å². The van der Waals surface area contributed by atoms with Gasteiger partial charge in [0.15, 0.2) is 11.5 Å². The summed E-state index contributed by atoms with van der Waals surface area (Å²) in [6, 6.07) is 4.46. The van der Waals surface area contributed by atoms with Gasteiger partial charge >= 0.3 is 0 Å². The summed E-state index contributed by atoms with van der Waals surface area (Å²) in [5.74, 6) is -2.67. The highest BCUT2D eigenvalue weighted by molar-refractivity contribution is 5.77. The Labute approximate surface area is 200 Å². The molecule has 0 unspecified atom stereocenters. The smallest absolute Gasteiger partial charge is 0.287 e. The van der Waals surface area contributed by atoms with E-state index in [9.17, 15) is 13.6 Å². The number of hydrogen-bond donors (Lipinski definition) is 1. The molecular formula is C24H28F2N8O. The molecule has 35 heavy (non-hydrogen) atoms. The molecule has 1 aliphatic rings. The summed E-state index contributed by atoms with van der Waals surface area (Å²) in [5.41, 5.74) is 0.312. The minimum atomic E-state index is -3.12. The fourth-order valence-corrected chi connectivity index (χ4v) is 4.61. The van der Waals surface area contributed by atoms with E-state index in [1.54, 1.807) is 12.3 Å². The second kappa shape index (κ2) is 8.86. The first-order chi connectivity index (χ1) is 16.7. The average Bonchev–Trinajstić information content (AvgIpc) is 3.41. The third-order valence-electron chi connectivity index (χ3n) is 6.32. The number of halogens is 2. The molecule has 0 saturated heterocycles. The van der Waals surface area contributed by atoms with Crippen LogP contribution in [0.3, 0.4) is 0 Å². The van der Waals surface area contributed by atoms with Crippen LogP contribution >= 0.6 is 0 Å². The van der Waals surface area contributed by atoms with Crippen molar-refractivity contribution >= 4 is 22.7 Å². The van der Waals surface area contributed by atoms with E-state index < -0.39 is 5.92 Å². The largest absolute Gasteiger partial charge is 0.321 e. The lowest BCUT2D eigenvalue weighted by Gasteiger charge is -2.21. The van der Waals surface area contributed by atoms with Crippen molar-refractivity contribution < 1.29 is 8.78 Å². The van der Waals surface area contributed by atoms with Crippen LogP contribution in [0.4, 0.5) is 20.4 Å². The van der Waals surface area contributed by atoms with E-state index in [1.165, 1.54) is 47.0 Å². The first-order valence-electron chi connectivity index (χ1n) is 11.9. The molecule has 4 aromatic heterocycles. The quantitative estimate of drug-likeness (QED) is 0.410. The van der Waals surface area contributed by atoms with Gasteiger partial charge in [0.25, 0.3) is 11.5 Å². The topological polar surface area (TPSA) is 95.5 Å². The maximum Gasteiger partial charge on any atom is 0.287 e. The van der Waals surface area contributed by atoms with Gasteiger partial charge < -0.3 is 5.32 Å². The number of anilines is 2. The Hall–Kier alpha value is -3.63. The molecule has 1 fully saturated rings. The number of rotatable bonds is 6. The van der Waals surface area contributed by atoms with Crippen LogP contribution in [0.2, 0.25) is 0 Å². The van der Waals surface area contributed by atoms with Gasteiger partial charge in [0, 0.05) is 25.4 Å². The number of nitrogens with one attached hydrogen (secondary N) is 1. The van der Waals surface area contributed by atoms with Gasteiger partial charge in [0.1, 0.15) is 11.1 Å². The van der Waals surface area contributed by atoms with Crippen LogP contribution in [-0.4, -0.2) is 34.1 Å². The third-order valence-corrected chi connectivity index (χ3v) is 6.32. The predicted molar refractivity (Wildman–Crippen MR) is 129 cm³/mol. The van der Waals surface area contributed by atoms with E-state index in [4.69, 9.17) is 0 Å². The summed E-state index contributed by atoms with van der Waals surface area (Å²) >= 11 is 0. The van der Waals surface area contributed by atoms with Crippen LogP contribution in [0.25, 0.3) is 16.9 Å². The van der Waals surface area contributed by atoms with Gasteiger partial charge in [-0.15, -0.1) is 0 Å². The van der Waals surface area contributed by atoms with E-state index in [1.807, 2.05) is 24.7 Å². The minimum Gasteiger partial charge on any atom is -0.321 e. The van der Waals surface area contributed by atoms with Crippen LogP contribution in [0.5, 0.6) is 0 Å². The molecule has 184 valence electrons. The Bertz CT molecular complexity index is 1410. The second-order valence-electron chi connectivity index (χ2n) is 9.38. The van der Waals surface area contributed by atoms with Crippen molar-refractivity contribution in [1.82, 2.24) is 34.1 Å². The summed E-state index contributed by atoms with van der Waals surface area (Å²) in [7, 11) is 0. The maximum atomic E-state index is 14.0. The molecule has 4 heterocycles. The lowest BCUT2D eigenvalue weighted by molar-refractivity contribution is 0.0127. The molecule has 0 aromatic carbocycles. The second-order valence-corrected chi connectivity index (χ2v) is 9.38. The summed E-state index contributed by atoms with van der Waals surface area (Å²) in [6.45, 7) is 4.46. The van der Waals surface area contributed by atoms with E-state index in [2.05, 4.69) is 25.4 Å².